The van der Waals surface area contributed by atoms with Crippen LogP contribution in [0.5, 0.6) is 0 Å². The molecule has 0 aromatic rings. The van der Waals surface area contributed by atoms with Crippen LogP contribution in [0.1, 0.15) is 47.5 Å². The van der Waals surface area contributed by atoms with E-state index in [1.807, 2.05) is 13.8 Å². The quantitative estimate of drug-likeness (QED) is 0.783. The molecule has 2 N–H and O–H groups in total. The molecule has 2 aliphatic carbocycles. The monoisotopic (exact) mass is 352 g/mol. The number of methoxy groups -OCH3 is 1. The molecular weight excluding hydrogens is 320 g/mol. The second-order valence-corrected chi connectivity index (χ2v) is 9.36. The van der Waals surface area contributed by atoms with Crippen molar-refractivity contribution in [1.82, 2.24) is 5.06 Å². The molecule has 0 amide bonds. The zero-order valence-electron chi connectivity index (χ0n) is 16.2. The highest BCUT2D eigenvalue weighted by Gasteiger charge is 2.73. The van der Waals surface area contributed by atoms with Crippen LogP contribution in [-0.2, 0) is 19.1 Å². The number of nitrogens with two attached hydrogens (primary N) is 1. The molecular formula is C19H32N2O4. The predicted octanol–water partition coefficient (Wildman–Crippen LogP) is 1.92. The van der Waals surface area contributed by atoms with Crippen molar-refractivity contribution in [3.05, 3.63) is 0 Å². The van der Waals surface area contributed by atoms with Crippen molar-refractivity contribution in [3.63, 3.8) is 0 Å². The van der Waals surface area contributed by atoms with Crippen LogP contribution in [0.4, 0.5) is 0 Å². The van der Waals surface area contributed by atoms with E-state index in [0.29, 0.717) is 12.0 Å². The number of carbonyl (C=O) groups excluding carboxylic acids is 1. The van der Waals surface area contributed by atoms with Crippen molar-refractivity contribution in [2.75, 3.05) is 7.11 Å². The van der Waals surface area contributed by atoms with Crippen LogP contribution in [0.3, 0.4) is 0 Å². The molecule has 0 aromatic carbocycles. The van der Waals surface area contributed by atoms with Gasteiger partial charge in [0.1, 0.15) is 6.23 Å². The SMILES string of the molecule is COC(=O)[C@H](C)[C@@H](N)C1C(C)ON2C1O[C@@H]1C2C2CCC1(C)C2(C)C. The Morgan fingerprint density at radius 2 is 2.04 bits per heavy atom. The largest absolute Gasteiger partial charge is 0.469 e. The summed E-state index contributed by atoms with van der Waals surface area (Å²) >= 11 is 0. The van der Waals surface area contributed by atoms with Gasteiger partial charge in [-0.2, -0.15) is 5.06 Å². The number of hydrogen-bond donors (Lipinski definition) is 1. The van der Waals surface area contributed by atoms with Gasteiger partial charge in [-0.25, -0.2) is 0 Å². The molecule has 2 aliphatic heterocycles. The normalized spacial score (nSPS) is 49.7. The Morgan fingerprint density at radius 1 is 1.36 bits per heavy atom. The van der Waals surface area contributed by atoms with E-state index >= 15 is 0 Å². The van der Waals surface area contributed by atoms with Gasteiger partial charge in [0.15, 0.2) is 0 Å². The highest BCUT2D eigenvalue weighted by atomic mass is 16.8. The van der Waals surface area contributed by atoms with Gasteiger partial charge in [-0.05, 0) is 31.1 Å². The number of rotatable bonds is 3. The summed E-state index contributed by atoms with van der Waals surface area (Å²) in [6.07, 6.45) is 2.38. The van der Waals surface area contributed by atoms with Gasteiger partial charge in [0, 0.05) is 17.4 Å². The first-order valence-corrected chi connectivity index (χ1v) is 9.59. The van der Waals surface area contributed by atoms with E-state index in [1.54, 1.807) is 0 Å². The standard InChI is InChI=1S/C19H32N2O4/c1-9(17(22)23-6)13(20)12-10(2)25-21-14-11-7-8-19(5,18(11,3)4)15(14)24-16(12)21/h9-16H,7-8,20H2,1-6H3/t9-,10?,11?,12?,13-,14?,15-,16?,19?/m1/s1. The molecule has 2 bridgehead atoms. The fourth-order valence-electron chi connectivity index (χ4n) is 6.24. The smallest absolute Gasteiger partial charge is 0.309 e. The molecule has 4 rings (SSSR count). The summed E-state index contributed by atoms with van der Waals surface area (Å²) in [4.78, 5) is 18.2. The molecule has 2 heterocycles. The van der Waals surface area contributed by atoms with Crippen LogP contribution in [0, 0.1) is 28.6 Å². The van der Waals surface area contributed by atoms with Crippen molar-refractivity contribution >= 4 is 5.97 Å². The summed E-state index contributed by atoms with van der Waals surface area (Å²) in [7, 11) is 1.41. The molecule has 9 atom stereocenters. The third kappa shape index (κ3) is 2.02. The molecule has 25 heavy (non-hydrogen) atoms. The van der Waals surface area contributed by atoms with Crippen LogP contribution < -0.4 is 5.73 Å². The van der Waals surface area contributed by atoms with Crippen molar-refractivity contribution in [3.8, 4) is 0 Å². The molecule has 4 fully saturated rings. The van der Waals surface area contributed by atoms with Crippen LogP contribution in [-0.4, -0.2) is 48.7 Å². The van der Waals surface area contributed by atoms with Gasteiger partial charge in [-0.1, -0.05) is 27.7 Å². The Morgan fingerprint density at radius 3 is 2.68 bits per heavy atom. The van der Waals surface area contributed by atoms with Gasteiger partial charge >= 0.3 is 5.97 Å². The Balaban J connectivity index is 1.60. The Labute approximate surface area is 150 Å². The predicted molar refractivity (Wildman–Crippen MR) is 92.1 cm³/mol. The fraction of sp³-hybridized carbons (Fsp3) is 0.947. The van der Waals surface area contributed by atoms with E-state index < -0.39 is 0 Å². The highest BCUT2D eigenvalue weighted by Crippen LogP contribution is 2.70. The number of ether oxygens (including phenoxy) is 2. The first-order chi connectivity index (χ1) is 11.6. The zero-order valence-corrected chi connectivity index (χ0v) is 16.2. The van der Waals surface area contributed by atoms with Gasteiger partial charge in [0.2, 0.25) is 0 Å². The molecule has 2 saturated heterocycles. The third-order valence-electron chi connectivity index (χ3n) is 8.31. The second-order valence-electron chi connectivity index (χ2n) is 9.36. The lowest BCUT2D eigenvalue weighted by atomic mass is 9.70. The molecule has 0 aromatic heterocycles. The lowest BCUT2D eigenvalue weighted by Gasteiger charge is -2.39. The summed E-state index contributed by atoms with van der Waals surface area (Å²) in [6.45, 7) is 11.0. The summed E-state index contributed by atoms with van der Waals surface area (Å²) in [5, 5.41) is 2.10. The minimum absolute atomic E-state index is 0.0363. The van der Waals surface area contributed by atoms with Crippen molar-refractivity contribution < 1.29 is 19.1 Å². The molecule has 0 radical (unpaired) electrons. The molecule has 4 aliphatic rings. The van der Waals surface area contributed by atoms with E-state index in [1.165, 1.54) is 20.0 Å². The van der Waals surface area contributed by atoms with E-state index in [9.17, 15) is 4.79 Å². The van der Waals surface area contributed by atoms with Gasteiger partial charge in [-0.15, -0.1) is 0 Å². The van der Waals surface area contributed by atoms with Crippen molar-refractivity contribution in [2.45, 2.75) is 78.0 Å². The second kappa shape index (κ2) is 5.41. The van der Waals surface area contributed by atoms with Gasteiger partial charge in [0.25, 0.3) is 0 Å². The highest BCUT2D eigenvalue weighted by molar-refractivity contribution is 5.72. The number of fused-ring (bicyclic) bond motifs is 7. The number of hydroxylamine groups is 2. The lowest BCUT2D eigenvalue weighted by molar-refractivity contribution is -0.193. The fourth-order valence-corrected chi connectivity index (χ4v) is 6.24. The number of carbonyl (C=O) groups is 1. The van der Waals surface area contributed by atoms with Crippen molar-refractivity contribution in [2.24, 2.45) is 34.3 Å². The van der Waals surface area contributed by atoms with E-state index in [-0.39, 0.29) is 53.1 Å². The molecule has 0 spiro atoms. The van der Waals surface area contributed by atoms with E-state index in [0.717, 1.165) is 0 Å². The average Bonchev–Trinajstić information content (AvgIpc) is 3.19. The summed E-state index contributed by atoms with van der Waals surface area (Å²) < 4.78 is 11.5. The van der Waals surface area contributed by atoms with E-state index in [4.69, 9.17) is 20.0 Å². The third-order valence-corrected chi connectivity index (χ3v) is 8.31. The van der Waals surface area contributed by atoms with Crippen LogP contribution >= 0.6 is 0 Å². The van der Waals surface area contributed by atoms with Gasteiger partial charge in [0.05, 0.1) is 31.3 Å². The molecule has 2 saturated carbocycles. The molecule has 142 valence electrons. The van der Waals surface area contributed by atoms with Crippen molar-refractivity contribution in [1.29, 1.82) is 0 Å². The van der Waals surface area contributed by atoms with E-state index in [2.05, 4.69) is 25.8 Å². The van der Waals surface area contributed by atoms with Crippen LogP contribution in [0.15, 0.2) is 0 Å². The average molecular weight is 352 g/mol. The number of hydrogen-bond acceptors (Lipinski definition) is 6. The van der Waals surface area contributed by atoms with Crippen LogP contribution in [0.25, 0.3) is 0 Å². The van der Waals surface area contributed by atoms with Crippen LogP contribution in [0.2, 0.25) is 0 Å². The zero-order chi connectivity index (χ0) is 18.3. The van der Waals surface area contributed by atoms with Gasteiger partial charge < -0.3 is 15.2 Å². The Kier molecular flexibility index (Phi) is 3.83. The number of nitrogens with zero attached hydrogens (tertiary/aromatic N) is 1. The van der Waals surface area contributed by atoms with Gasteiger partial charge in [-0.3, -0.25) is 9.63 Å². The topological polar surface area (TPSA) is 74.0 Å². The summed E-state index contributed by atoms with van der Waals surface area (Å²) in [5.74, 6) is -0.114. The maximum absolute atomic E-state index is 12.0. The minimum Gasteiger partial charge on any atom is -0.469 e. The first kappa shape index (κ1) is 17.7. The Bertz CT molecular complexity index is 582. The first-order valence-electron chi connectivity index (χ1n) is 9.59. The lowest BCUT2D eigenvalue weighted by Crippen LogP contribution is -2.49. The maximum atomic E-state index is 12.0. The molecule has 6 unspecified atom stereocenters. The summed E-state index contributed by atoms with van der Waals surface area (Å²) in [5.41, 5.74) is 6.90. The molecule has 6 heteroatoms. The maximum Gasteiger partial charge on any atom is 0.309 e. The minimum atomic E-state index is -0.381. The number of esters is 1. The summed E-state index contributed by atoms with van der Waals surface area (Å²) in [6, 6.07) is -0.0541. The Hall–Kier alpha value is -0.690. The molecule has 6 nitrogen and oxygen atoms in total.